The summed E-state index contributed by atoms with van der Waals surface area (Å²) in [5, 5.41) is -0.427. The zero-order chi connectivity index (χ0) is 9.84. The van der Waals surface area contributed by atoms with E-state index in [0.717, 1.165) is 0 Å². The van der Waals surface area contributed by atoms with E-state index >= 15 is 0 Å². The Balaban J connectivity index is 2.39. The minimum atomic E-state index is -0.427. The van der Waals surface area contributed by atoms with Gasteiger partial charge in [0, 0.05) is 32.6 Å². The zero-order valence-corrected chi connectivity index (χ0v) is 8.38. The van der Waals surface area contributed by atoms with Gasteiger partial charge in [-0.3, -0.25) is 9.59 Å². The highest BCUT2D eigenvalue weighted by Gasteiger charge is 2.21. The lowest BCUT2D eigenvalue weighted by atomic mass is 10.3. The van der Waals surface area contributed by atoms with E-state index in [2.05, 4.69) is 0 Å². The predicted octanol–water partition coefficient (Wildman–Crippen LogP) is 0.899. The van der Waals surface area contributed by atoms with Crippen LogP contribution in [0.5, 0.6) is 0 Å². The Hall–Kier alpha value is -0.770. The van der Waals surface area contributed by atoms with E-state index in [9.17, 15) is 9.59 Å². The average molecular weight is 205 g/mol. The van der Waals surface area contributed by atoms with Crippen LogP contribution in [0.3, 0.4) is 0 Å². The molecule has 0 radical (unpaired) electrons. The van der Waals surface area contributed by atoms with Gasteiger partial charge in [-0.15, -0.1) is 0 Å². The van der Waals surface area contributed by atoms with Crippen LogP contribution in [0.4, 0.5) is 4.79 Å². The molecule has 1 aliphatic heterocycles. The first-order valence-corrected chi connectivity index (χ1v) is 4.75. The highest BCUT2D eigenvalue weighted by molar-refractivity contribution is 6.62. The lowest BCUT2D eigenvalue weighted by Gasteiger charge is -2.33. The van der Waals surface area contributed by atoms with Crippen molar-refractivity contribution in [3.63, 3.8) is 0 Å². The molecule has 1 rings (SSSR count). The molecular weight excluding hydrogens is 192 g/mol. The van der Waals surface area contributed by atoms with Gasteiger partial charge in [-0.1, -0.05) is 6.92 Å². The summed E-state index contributed by atoms with van der Waals surface area (Å²) in [7, 11) is 0. The average Bonchev–Trinajstić information content (AvgIpc) is 2.17. The van der Waals surface area contributed by atoms with Crippen LogP contribution in [0.2, 0.25) is 0 Å². The minimum absolute atomic E-state index is 0.140. The number of carbonyl (C=O) groups excluding carboxylic acids is 2. The zero-order valence-electron chi connectivity index (χ0n) is 7.62. The van der Waals surface area contributed by atoms with E-state index in [1.807, 2.05) is 6.92 Å². The first-order valence-electron chi connectivity index (χ1n) is 4.37. The number of rotatable bonds is 1. The van der Waals surface area contributed by atoms with Gasteiger partial charge in [-0.05, 0) is 11.6 Å². The van der Waals surface area contributed by atoms with E-state index < -0.39 is 5.37 Å². The van der Waals surface area contributed by atoms with Crippen molar-refractivity contribution in [1.29, 1.82) is 0 Å². The van der Waals surface area contributed by atoms with Crippen LogP contribution in [0, 0.1) is 0 Å². The molecule has 0 N–H and O–H groups in total. The SMILES string of the molecule is CCC(=O)N1CCN(C(=O)Cl)CC1. The van der Waals surface area contributed by atoms with Crippen molar-refractivity contribution in [2.24, 2.45) is 0 Å². The molecule has 5 heteroatoms. The van der Waals surface area contributed by atoms with E-state index in [0.29, 0.717) is 32.6 Å². The van der Waals surface area contributed by atoms with Crippen molar-refractivity contribution in [3.8, 4) is 0 Å². The van der Waals surface area contributed by atoms with Gasteiger partial charge >= 0.3 is 5.37 Å². The van der Waals surface area contributed by atoms with Crippen LogP contribution in [-0.2, 0) is 4.79 Å². The summed E-state index contributed by atoms with van der Waals surface area (Å²) < 4.78 is 0. The van der Waals surface area contributed by atoms with E-state index in [-0.39, 0.29) is 5.91 Å². The summed E-state index contributed by atoms with van der Waals surface area (Å²) in [5.74, 6) is 0.140. The first kappa shape index (κ1) is 10.3. The van der Waals surface area contributed by atoms with Gasteiger partial charge in [0.1, 0.15) is 0 Å². The normalized spacial score (nSPS) is 17.4. The molecule has 74 valence electrons. The largest absolute Gasteiger partial charge is 0.339 e. The van der Waals surface area contributed by atoms with E-state index in [1.165, 1.54) is 0 Å². The molecule has 0 atom stereocenters. The van der Waals surface area contributed by atoms with Gasteiger partial charge in [-0.2, -0.15) is 0 Å². The number of piperazine rings is 1. The number of halogens is 1. The lowest BCUT2D eigenvalue weighted by molar-refractivity contribution is -0.132. The molecule has 0 spiro atoms. The fourth-order valence-electron chi connectivity index (χ4n) is 1.36. The fourth-order valence-corrected chi connectivity index (χ4v) is 1.52. The Morgan fingerprint density at radius 2 is 1.62 bits per heavy atom. The quantitative estimate of drug-likeness (QED) is 0.471. The highest BCUT2D eigenvalue weighted by atomic mass is 35.5. The third-order valence-corrected chi connectivity index (χ3v) is 2.42. The van der Waals surface area contributed by atoms with E-state index in [4.69, 9.17) is 11.6 Å². The number of carbonyl (C=O) groups is 2. The maximum Gasteiger partial charge on any atom is 0.316 e. The Morgan fingerprint density at radius 1 is 1.15 bits per heavy atom. The van der Waals surface area contributed by atoms with Crippen LogP contribution in [0.25, 0.3) is 0 Å². The Kier molecular flexibility index (Phi) is 3.54. The molecule has 1 aliphatic rings. The fraction of sp³-hybridized carbons (Fsp3) is 0.750. The molecule has 0 bridgehead atoms. The number of hydrogen-bond donors (Lipinski definition) is 0. The highest BCUT2D eigenvalue weighted by Crippen LogP contribution is 2.05. The summed E-state index contributed by atoms with van der Waals surface area (Å²) in [5.41, 5.74) is 0. The molecule has 0 aromatic carbocycles. The van der Waals surface area contributed by atoms with Crippen molar-refractivity contribution >= 4 is 22.9 Å². The second kappa shape index (κ2) is 4.46. The maximum atomic E-state index is 11.2. The van der Waals surface area contributed by atoms with Gasteiger partial charge in [0.05, 0.1) is 0 Å². The molecule has 1 fully saturated rings. The third kappa shape index (κ3) is 2.59. The summed E-state index contributed by atoms with van der Waals surface area (Å²) in [6.07, 6.45) is 0.523. The summed E-state index contributed by atoms with van der Waals surface area (Å²) in [6.45, 7) is 4.14. The van der Waals surface area contributed by atoms with E-state index in [1.54, 1.807) is 9.80 Å². The Bertz CT molecular complexity index is 212. The molecule has 0 aromatic rings. The Morgan fingerprint density at radius 3 is 2.00 bits per heavy atom. The van der Waals surface area contributed by atoms with Crippen molar-refractivity contribution in [2.75, 3.05) is 26.2 Å². The minimum Gasteiger partial charge on any atom is -0.339 e. The number of hydrogen-bond acceptors (Lipinski definition) is 2. The monoisotopic (exact) mass is 204 g/mol. The van der Waals surface area contributed by atoms with Crippen molar-refractivity contribution < 1.29 is 9.59 Å². The molecule has 1 saturated heterocycles. The predicted molar refractivity (Wildman–Crippen MR) is 49.7 cm³/mol. The molecule has 4 nitrogen and oxygen atoms in total. The van der Waals surface area contributed by atoms with Crippen LogP contribution >= 0.6 is 11.6 Å². The Labute approximate surface area is 82.4 Å². The van der Waals surface area contributed by atoms with Gasteiger partial charge in [0.25, 0.3) is 0 Å². The maximum absolute atomic E-state index is 11.2. The van der Waals surface area contributed by atoms with Gasteiger partial charge in [0.15, 0.2) is 0 Å². The van der Waals surface area contributed by atoms with Crippen molar-refractivity contribution in [1.82, 2.24) is 9.80 Å². The van der Waals surface area contributed by atoms with Gasteiger partial charge in [0.2, 0.25) is 5.91 Å². The number of amides is 2. The third-order valence-electron chi connectivity index (χ3n) is 2.18. The van der Waals surface area contributed by atoms with Crippen LogP contribution < -0.4 is 0 Å². The van der Waals surface area contributed by atoms with Gasteiger partial charge in [-0.25, -0.2) is 0 Å². The molecule has 2 amide bonds. The molecule has 1 heterocycles. The van der Waals surface area contributed by atoms with Crippen LogP contribution in [0.1, 0.15) is 13.3 Å². The second-order valence-corrected chi connectivity index (χ2v) is 3.30. The molecule has 0 saturated carbocycles. The summed E-state index contributed by atoms with van der Waals surface area (Å²) in [4.78, 5) is 25.3. The van der Waals surface area contributed by atoms with Crippen LogP contribution in [0.15, 0.2) is 0 Å². The summed E-state index contributed by atoms with van der Waals surface area (Å²) in [6, 6.07) is 0. The topological polar surface area (TPSA) is 40.6 Å². The van der Waals surface area contributed by atoms with Crippen molar-refractivity contribution in [2.45, 2.75) is 13.3 Å². The van der Waals surface area contributed by atoms with Gasteiger partial charge < -0.3 is 9.80 Å². The molecule has 0 aliphatic carbocycles. The standard InChI is InChI=1S/C8H13ClN2O2/c1-2-7(12)10-3-5-11(6-4-10)8(9)13/h2-6H2,1H3. The molecule has 13 heavy (non-hydrogen) atoms. The lowest BCUT2D eigenvalue weighted by Crippen LogP contribution is -2.49. The van der Waals surface area contributed by atoms with Crippen molar-refractivity contribution in [3.05, 3.63) is 0 Å². The number of nitrogens with zero attached hydrogens (tertiary/aromatic N) is 2. The first-order chi connectivity index (χ1) is 6.15. The molecule has 0 unspecified atom stereocenters. The smallest absolute Gasteiger partial charge is 0.316 e. The van der Waals surface area contributed by atoms with Crippen LogP contribution in [-0.4, -0.2) is 47.3 Å². The molecule has 0 aromatic heterocycles. The second-order valence-electron chi connectivity index (χ2n) is 2.97. The molecular formula is C8H13ClN2O2. The summed E-state index contributed by atoms with van der Waals surface area (Å²) >= 11 is 5.30.